The third-order valence-electron chi connectivity index (χ3n) is 2.56. The van der Waals surface area contributed by atoms with E-state index in [1.807, 2.05) is 43.0 Å². The molecule has 0 heterocycles. The molecule has 0 aliphatic carbocycles. The Hall–Kier alpha value is -1.95. The number of nitrogens with zero attached hydrogens (tertiary/aromatic N) is 1. The van der Waals surface area contributed by atoms with Crippen molar-refractivity contribution in [2.75, 3.05) is 24.5 Å². The molecule has 0 radical (unpaired) electrons. The van der Waals surface area contributed by atoms with E-state index in [9.17, 15) is 4.79 Å². The molecule has 0 aliphatic heterocycles. The number of para-hydroxylation sites is 1. The fourth-order valence-corrected chi connectivity index (χ4v) is 1.66. The molecule has 3 nitrogen and oxygen atoms in total. The molecule has 1 amide bonds. The van der Waals surface area contributed by atoms with Gasteiger partial charge >= 0.3 is 0 Å². The molecule has 0 fully saturated rings. The molecule has 90 valence electrons. The molecule has 0 aromatic heterocycles. The van der Waals surface area contributed by atoms with Crippen molar-refractivity contribution in [1.82, 2.24) is 5.32 Å². The summed E-state index contributed by atoms with van der Waals surface area (Å²) in [4.78, 5) is 13.6. The van der Waals surface area contributed by atoms with Crippen LogP contribution in [-0.4, -0.2) is 25.5 Å². The quantitative estimate of drug-likeness (QED) is 0.779. The van der Waals surface area contributed by atoms with E-state index in [-0.39, 0.29) is 12.5 Å². The Morgan fingerprint density at radius 1 is 1.47 bits per heavy atom. The fourth-order valence-electron chi connectivity index (χ4n) is 1.66. The van der Waals surface area contributed by atoms with Crippen LogP contribution in [0.3, 0.4) is 0 Å². The molecule has 1 aromatic carbocycles. The maximum absolute atomic E-state index is 11.6. The Morgan fingerprint density at radius 3 is 2.76 bits per heavy atom. The molecule has 0 spiro atoms. The molecule has 17 heavy (non-hydrogen) atoms. The van der Waals surface area contributed by atoms with E-state index in [1.54, 1.807) is 0 Å². The molecular weight excluding hydrogens is 212 g/mol. The molecule has 0 aliphatic rings. The Bertz CT molecular complexity index is 420. The number of nitrogens with one attached hydrogen (secondary N) is 1. The zero-order valence-corrected chi connectivity index (χ0v) is 10.4. The normalized spacial score (nSPS) is 9.47. The molecule has 3 heteroatoms. The van der Waals surface area contributed by atoms with E-state index in [1.165, 1.54) is 5.56 Å². The number of rotatable bonds is 5. The van der Waals surface area contributed by atoms with E-state index >= 15 is 0 Å². The first kappa shape index (κ1) is 13.1. The lowest BCUT2D eigenvalue weighted by molar-refractivity contribution is -0.119. The van der Waals surface area contributed by atoms with E-state index in [0.29, 0.717) is 6.54 Å². The van der Waals surface area contributed by atoms with Crippen molar-refractivity contribution in [2.45, 2.75) is 13.8 Å². The summed E-state index contributed by atoms with van der Waals surface area (Å²) in [6.45, 7) is 5.47. The number of carbonyl (C=O) groups is 1. The number of carbonyl (C=O) groups excluding carboxylic acids is 1. The molecule has 0 unspecified atom stereocenters. The third-order valence-corrected chi connectivity index (χ3v) is 2.56. The highest BCUT2D eigenvalue weighted by atomic mass is 16.2. The summed E-state index contributed by atoms with van der Waals surface area (Å²) >= 11 is 0. The van der Waals surface area contributed by atoms with Crippen molar-refractivity contribution < 1.29 is 4.79 Å². The van der Waals surface area contributed by atoms with Crippen LogP contribution in [0.15, 0.2) is 24.3 Å². The van der Waals surface area contributed by atoms with Crippen molar-refractivity contribution in [3.05, 3.63) is 29.8 Å². The highest BCUT2D eigenvalue weighted by Crippen LogP contribution is 2.18. The smallest absolute Gasteiger partial charge is 0.240 e. The number of benzene rings is 1. The number of amides is 1. The monoisotopic (exact) mass is 230 g/mol. The Labute approximate surface area is 103 Å². The second-order valence-electron chi connectivity index (χ2n) is 3.78. The Balaban J connectivity index is 2.70. The topological polar surface area (TPSA) is 32.3 Å². The zero-order chi connectivity index (χ0) is 12.7. The van der Waals surface area contributed by atoms with Crippen LogP contribution in [0, 0.1) is 19.3 Å². The van der Waals surface area contributed by atoms with Crippen molar-refractivity contribution in [1.29, 1.82) is 0 Å². The number of aryl methyl sites for hydroxylation is 1. The number of hydrogen-bond donors (Lipinski definition) is 1. The number of anilines is 1. The maximum atomic E-state index is 11.6. The summed E-state index contributed by atoms with van der Waals surface area (Å²) in [7, 11) is 0. The van der Waals surface area contributed by atoms with Gasteiger partial charge in [-0.1, -0.05) is 24.1 Å². The minimum Gasteiger partial charge on any atom is -0.362 e. The van der Waals surface area contributed by atoms with Gasteiger partial charge in [-0.15, -0.1) is 6.42 Å². The van der Waals surface area contributed by atoms with Crippen LogP contribution >= 0.6 is 0 Å². The minimum atomic E-state index is -0.0481. The lowest BCUT2D eigenvalue weighted by atomic mass is 10.2. The summed E-state index contributed by atoms with van der Waals surface area (Å²) in [5, 5.41) is 2.67. The summed E-state index contributed by atoms with van der Waals surface area (Å²) in [6, 6.07) is 8.03. The van der Waals surface area contributed by atoms with E-state index in [0.717, 1.165) is 12.2 Å². The standard InChI is InChI=1S/C14H18N2O/c1-4-10-15-14(17)11-16(5-2)13-9-7-6-8-12(13)3/h1,6-9H,5,10-11H2,2-3H3,(H,15,17). The first-order valence-electron chi connectivity index (χ1n) is 5.69. The lowest BCUT2D eigenvalue weighted by Gasteiger charge is -2.24. The highest BCUT2D eigenvalue weighted by molar-refractivity contribution is 5.81. The largest absolute Gasteiger partial charge is 0.362 e. The second-order valence-corrected chi connectivity index (χ2v) is 3.78. The second kappa shape index (κ2) is 6.59. The molecule has 0 saturated carbocycles. The van der Waals surface area contributed by atoms with E-state index in [2.05, 4.69) is 11.2 Å². The highest BCUT2D eigenvalue weighted by Gasteiger charge is 2.10. The summed E-state index contributed by atoms with van der Waals surface area (Å²) < 4.78 is 0. The van der Waals surface area contributed by atoms with Gasteiger partial charge in [-0.2, -0.15) is 0 Å². The van der Waals surface area contributed by atoms with Gasteiger partial charge < -0.3 is 10.2 Å². The van der Waals surface area contributed by atoms with Crippen LogP contribution in [0.2, 0.25) is 0 Å². The van der Waals surface area contributed by atoms with Gasteiger partial charge in [-0.25, -0.2) is 0 Å². The number of hydrogen-bond acceptors (Lipinski definition) is 2. The van der Waals surface area contributed by atoms with Crippen LogP contribution in [0.4, 0.5) is 5.69 Å². The van der Waals surface area contributed by atoms with Crippen LogP contribution in [0.25, 0.3) is 0 Å². The van der Waals surface area contributed by atoms with Crippen molar-refractivity contribution in [3.8, 4) is 12.3 Å². The van der Waals surface area contributed by atoms with Crippen LogP contribution < -0.4 is 10.2 Å². The van der Waals surface area contributed by atoms with Gasteiger partial charge in [0.25, 0.3) is 0 Å². The molecule has 0 saturated heterocycles. The molecule has 1 aromatic rings. The third kappa shape index (κ3) is 3.84. The van der Waals surface area contributed by atoms with Gasteiger partial charge in [0.05, 0.1) is 13.1 Å². The predicted octanol–water partition coefficient (Wildman–Crippen LogP) is 1.57. The molecular formula is C14H18N2O. The van der Waals surface area contributed by atoms with Crippen LogP contribution in [0.1, 0.15) is 12.5 Å². The van der Waals surface area contributed by atoms with E-state index < -0.39 is 0 Å². The zero-order valence-electron chi connectivity index (χ0n) is 10.4. The average molecular weight is 230 g/mol. The van der Waals surface area contributed by atoms with Gasteiger partial charge in [0.2, 0.25) is 5.91 Å². The lowest BCUT2D eigenvalue weighted by Crippen LogP contribution is -2.37. The molecule has 0 atom stereocenters. The summed E-state index contributed by atoms with van der Waals surface area (Å²) in [5.74, 6) is 2.34. The average Bonchev–Trinajstić information content (AvgIpc) is 2.34. The minimum absolute atomic E-state index is 0.0481. The summed E-state index contributed by atoms with van der Waals surface area (Å²) in [5.41, 5.74) is 2.25. The van der Waals surface area contributed by atoms with E-state index in [4.69, 9.17) is 6.42 Å². The van der Waals surface area contributed by atoms with Gasteiger partial charge in [0.1, 0.15) is 0 Å². The van der Waals surface area contributed by atoms with Gasteiger partial charge in [0, 0.05) is 12.2 Å². The number of likely N-dealkylation sites (N-methyl/N-ethyl adjacent to an activating group) is 1. The van der Waals surface area contributed by atoms with Gasteiger partial charge in [-0.3, -0.25) is 4.79 Å². The first-order valence-corrected chi connectivity index (χ1v) is 5.69. The Morgan fingerprint density at radius 2 is 2.18 bits per heavy atom. The number of terminal acetylenes is 1. The molecule has 0 bridgehead atoms. The van der Waals surface area contributed by atoms with Crippen molar-refractivity contribution >= 4 is 11.6 Å². The van der Waals surface area contributed by atoms with Crippen LogP contribution in [-0.2, 0) is 4.79 Å². The molecule has 1 rings (SSSR count). The Kier molecular flexibility index (Phi) is 5.09. The summed E-state index contributed by atoms with van der Waals surface area (Å²) in [6.07, 6.45) is 5.10. The van der Waals surface area contributed by atoms with Gasteiger partial charge in [-0.05, 0) is 25.5 Å². The maximum Gasteiger partial charge on any atom is 0.240 e. The fraction of sp³-hybridized carbons (Fsp3) is 0.357. The van der Waals surface area contributed by atoms with Crippen LogP contribution in [0.5, 0.6) is 0 Å². The van der Waals surface area contributed by atoms with Crippen molar-refractivity contribution in [3.63, 3.8) is 0 Å². The SMILES string of the molecule is C#CCNC(=O)CN(CC)c1ccccc1C. The molecule has 1 N–H and O–H groups in total. The predicted molar refractivity (Wildman–Crippen MR) is 70.9 cm³/mol. The first-order chi connectivity index (χ1) is 8.19. The van der Waals surface area contributed by atoms with Gasteiger partial charge in [0.15, 0.2) is 0 Å². The van der Waals surface area contributed by atoms with Crippen molar-refractivity contribution in [2.24, 2.45) is 0 Å².